The first kappa shape index (κ1) is 13.7. The van der Waals surface area contributed by atoms with Crippen molar-refractivity contribution in [1.29, 1.82) is 0 Å². The molecule has 0 radical (unpaired) electrons. The van der Waals surface area contributed by atoms with Crippen molar-refractivity contribution >= 4 is 39.2 Å². The molecule has 0 aliphatic rings. The van der Waals surface area contributed by atoms with Crippen molar-refractivity contribution in [3.8, 4) is 0 Å². The number of halogens is 1. The lowest BCUT2D eigenvalue weighted by Gasteiger charge is -2.14. The normalized spacial score (nSPS) is 12.8. The Morgan fingerprint density at radius 3 is 3.17 bits per heavy atom. The van der Waals surface area contributed by atoms with Crippen LogP contribution in [0, 0.1) is 0 Å². The SMILES string of the molecule is CCSCCC(C)Nc1ccn2ncc(Br)c2n1. The van der Waals surface area contributed by atoms with Gasteiger partial charge in [-0.25, -0.2) is 9.50 Å². The van der Waals surface area contributed by atoms with Gasteiger partial charge in [0.1, 0.15) is 5.82 Å². The molecule has 0 saturated carbocycles. The van der Waals surface area contributed by atoms with Crippen LogP contribution in [0.3, 0.4) is 0 Å². The van der Waals surface area contributed by atoms with E-state index in [0.29, 0.717) is 6.04 Å². The molecule has 1 atom stereocenters. The third kappa shape index (κ3) is 3.38. The summed E-state index contributed by atoms with van der Waals surface area (Å²) in [6.45, 7) is 4.38. The standard InChI is InChI=1S/C12H17BrN4S/c1-3-18-7-5-9(2)15-11-4-6-17-12(16-11)10(13)8-14-17/h4,6,8-9H,3,5,7H2,1-2H3,(H,15,16). The molecule has 1 unspecified atom stereocenters. The molecule has 0 saturated heterocycles. The number of aromatic nitrogens is 3. The maximum Gasteiger partial charge on any atom is 0.171 e. The van der Waals surface area contributed by atoms with Crippen LogP contribution in [0.2, 0.25) is 0 Å². The Morgan fingerprint density at radius 2 is 2.39 bits per heavy atom. The van der Waals surface area contributed by atoms with Crippen LogP contribution in [0.15, 0.2) is 22.9 Å². The molecule has 0 amide bonds. The first-order valence-electron chi connectivity index (χ1n) is 6.05. The second kappa shape index (κ2) is 6.43. The van der Waals surface area contributed by atoms with Gasteiger partial charge in [0.15, 0.2) is 5.65 Å². The minimum atomic E-state index is 0.431. The molecule has 98 valence electrons. The Hall–Kier alpha value is -0.750. The molecular weight excluding hydrogens is 312 g/mol. The van der Waals surface area contributed by atoms with Crippen LogP contribution in [0.5, 0.6) is 0 Å². The molecule has 2 rings (SSSR count). The van der Waals surface area contributed by atoms with Gasteiger partial charge in [-0.3, -0.25) is 0 Å². The summed E-state index contributed by atoms with van der Waals surface area (Å²) in [7, 11) is 0. The van der Waals surface area contributed by atoms with E-state index in [1.807, 2.05) is 24.0 Å². The Balaban J connectivity index is 2.00. The highest BCUT2D eigenvalue weighted by Crippen LogP contribution is 2.17. The zero-order valence-electron chi connectivity index (χ0n) is 10.6. The maximum absolute atomic E-state index is 4.54. The third-order valence-corrected chi connectivity index (χ3v) is 4.11. The molecule has 0 spiro atoms. The zero-order chi connectivity index (χ0) is 13.0. The molecule has 18 heavy (non-hydrogen) atoms. The van der Waals surface area contributed by atoms with Gasteiger partial charge in [-0.15, -0.1) is 0 Å². The molecule has 0 bridgehead atoms. The van der Waals surface area contributed by atoms with Gasteiger partial charge >= 0.3 is 0 Å². The number of fused-ring (bicyclic) bond motifs is 1. The summed E-state index contributed by atoms with van der Waals surface area (Å²) in [6.07, 6.45) is 4.82. The second-order valence-electron chi connectivity index (χ2n) is 4.10. The second-order valence-corrected chi connectivity index (χ2v) is 6.35. The number of hydrogen-bond acceptors (Lipinski definition) is 4. The Bertz CT molecular complexity index is 514. The smallest absolute Gasteiger partial charge is 0.171 e. The van der Waals surface area contributed by atoms with Crippen molar-refractivity contribution in [3.05, 3.63) is 22.9 Å². The maximum atomic E-state index is 4.54. The van der Waals surface area contributed by atoms with E-state index < -0.39 is 0 Å². The summed E-state index contributed by atoms with van der Waals surface area (Å²) < 4.78 is 2.67. The Kier molecular flexibility index (Phi) is 4.88. The highest BCUT2D eigenvalue weighted by molar-refractivity contribution is 9.10. The van der Waals surface area contributed by atoms with Crippen LogP contribution in [-0.4, -0.2) is 32.1 Å². The van der Waals surface area contributed by atoms with Gasteiger partial charge in [-0.2, -0.15) is 16.9 Å². The van der Waals surface area contributed by atoms with Crippen molar-refractivity contribution in [2.24, 2.45) is 0 Å². The van der Waals surface area contributed by atoms with Crippen molar-refractivity contribution < 1.29 is 0 Å². The molecule has 0 aliphatic heterocycles. The summed E-state index contributed by atoms with van der Waals surface area (Å²) in [5.41, 5.74) is 0.843. The van der Waals surface area contributed by atoms with Gasteiger partial charge in [0.2, 0.25) is 0 Å². The minimum absolute atomic E-state index is 0.431. The van der Waals surface area contributed by atoms with Crippen LogP contribution >= 0.6 is 27.7 Å². The van der Waals surface area contributed by atoms with Gasteiger partial charge in [-0.05, 0) is 46.8 Å². The van der Waals surface area contributed by atoms with E-state index in [1.165, 1.54) is 11.5 Å². The summed E-state index contributed by atoms with van der Waals surface area (Å²) >= 11 is 5.41. The fraction of sp³-hybridized carbons (Fsp3) is 0.500. The Morgan fingerprint density at radius 1 is 1.56 bits per heavy atom. The topological polar surface area (TPSA) is 42.2 Å². The zero-order valence-corrected chi connectivity index (χ0v) is 13.0. The van der Waals surface area contributed by atoms with Crippen LogP contribution in [0.1, 0.15) is 20.3 Å². The fourth-order valence-electron chi connectivity index (χ4n) is 1.65. The van der Waals surface area contributed by atoms with Gasteiger partial charge < -0.3 is 5.32 Å². The molecule has 6 heteroatoms. The molecule has 4 nitrogen and oxygen atoms in total. The molecule has 2 heterocycles. The average molecular weight is 329 g/mol. The molecule has 0 fully saturated rings. The van der Waals surface area contributed by atoms with Crippen molar-refractivity contribution in [2.45, 2.75) is 26.3 Å². The van der Waals surface area contributed by atoms with Crippen LogP contribution in [0.4, 0.5) is 5.82 Å². The van der Waals surface area contributed by atoms with E-state index in [1.54, 1.807) is 10.7 Å². The lowest BCUT2D eigenvalue weighted by atomic mass is 10.2. The largest absolute Gasteiger partial charge is 0.367 e. The first-order chi connectivity index (χ1) is 8.70. The lowest BCUT2D eigenvalue weighted by molar-refractivity contribution is 0.765. The van der Waals surface area contributed by atoms with Gasteiger partial charge in [0, 0.05) is 12.2 Å². The predicted octanol–water partition coefficient (Wildman–Crippen LogP) is 3.44. The Labute approximate surface area is 120 Å². The summed E-state index contributed by atoms with van der Waals surface area (Å²) in [5.74, 6) is 3.26. The number of rotatable bonds is 6. The van der Waals surface area contributed by atoms with Crippen LogP contribution in [0.25, 0.3) is 5.65 Å². The van der Waals surface area contributed by atoms with Crippen LogP contribution in [-0.2, 0) is 0 Å². The van der Waals surface area contributed by atoms with Gasteiger partial charge in [-0.1, -0.05) is 6.92 Å². The van der Waals surface area contributed by atoms with Crippen molar-refractivity contribution in [1.82, 2.24) is 14.6 Å². The quantitative estimate of drug-likeness (QED) is 0.825. The minimum Gasteiger partial charge on any atom is -0.367 e. The summed E-state index contributed by atoms with van der Waals surface area (Å²) in [6, 6.07) is 2.39. The first-order valence-corrected chi connectivity index (χ1v) is 7.99. The van der Waals surface area contributed by atoms with E-state index in [0.717, 1.165) is 22.4 Å². The number of nitrogens with one attached hydrogen (secondary N) is 1. The highest BCUT2D eigenvalue weighted by atomic mass is 79.9. The number of anilines is 1. The number of nitrogens with zero attached hydrogens (tertiary/aromatic N) is 3. The predicted molar refractivity (Wildman–Crippen MR) is 81.4 cm³/mol. The summed E-state index contributed by atoms with van der Waals surface area (Å²) in [5, 5.41) is 7.60. The van der Waals surface area contributed by atoms with Crippen molar-refractivity contribution in [3.63, 3.8) is 0 Å². The fourth-order valence-corrected chi connectivity index (χ4v) is 2.82. The van der Waals surface area contributed by atoms with Gasteiger partial charge in [0.25, 0.3) is 0 Å². The molecule has 2 aromatic heterocycles. The lowest BCUT2D eigenvalue weighted by Crippen LogP contribution is -2.17. The van der Waals surface area contributed by atoms with Gasteiger partial charge in [0.05, 0.1) is 10.7 Å². The van der Waals surface area contributed by atoms with E-state index >= 15 is 0 Å². The number of hydrogen-bond donors (Lipinski definition) is 1. The molecule has 1 N–H and O–H groups in total. The van der Waals surface area contributed by atoms with Crippen molar-refractivity contribution in [2.75, 3.05) is 16.8 Å². The molecule has 2 aromatic rings. The molecule has 0 aromatic carbocycles. The van der Waals surface area contributed by atoms with E-state index in [9.17, 15) is 0 Å². The number of thioether (sulfide) groups is 1. The van der Waals surface area contributed by atoms with E-state index in [2.05, 4.69) is 45.2 Å². The molecular formula is C12H17BrN4S. The third-order valence-electron chi connectivity index (χ3n) is 2.62. The summed E-state index contributed by atoms with van der Waals surface area (Å²) in [4.78, 5) is 4.54. The highest BCUT2D eigenvalue weighted by Gasteiger charge is 2.06. The average Bonchev–Trinajstić information content (AvgIpc) is 2.71. The van der Waals surface area contributed by atoms with E-state index in [4.69, 9.17) is 0 Å². The van der Waals surface area contributed by atoms with E-state index in [-0.39, 0.29) is 0 Å². The monoisotopic (exact) mass is 328 g/mol. The molecule has 0 aliphatic carbocycles. The van der Waals surface area contributed by atoms with Crippen LogP contribution < -0.4 is 5.32 Å².